The van der Waals surface area contributed by atoms with Crippen LogP contribution < -0.4 is 5.73 Å². The fourth-order valence-electron chi connectivity index (χ4n) is 2.19. The lowest BCUT2D eigenvalue weighted by Gasteiger charge is -2.21. The smallest absolute Gasteiger partial charge is 0.253 e. The van der Waals surface area contributed by atoms with Crippen LogP contribution in [-0.4, -0.2) is 40.0 Å². The Morgan fingerprint density at radius 2 is 1.88 bits per heavy atom. The van der Waals surface area contributed by atoms with E-state index in [-0.39, 0.29) is 36.8 Å². The van der Waals surface area contributed by atoms with Crippen molar-refractivity contribution in [2.75, 3.05) is 13.6 Å². The Hall–Kier alpha value is -1.56. The second kappa shape index (κ2) is 10.3. The van der Waals surface area contributed by atoms with Crippen LogP contribution >= 0.6 is 24.8 Å². The molecule has 2 N–H and O–H groups in total. The zero-order valence-corrected chi connectivity index (χ0v) is 15.9. The molecule has 0 bridgehead atoms. The quantitative estimate of drug-likeness (QED) is 0.846. The number of carbonyl (C=O) groups is 1. The van der Waals surface area contributed by atoms with E-state index >= 15 is 0 Å². The van der Waals surface area contributed by atoms with Crippen molar-refractivity contribution in [2.45, 2.75) is 26.3 Å². The molecular formula is C17H26Cl2N4O. The normalized spacial score (nSPS) is 11.4. The van der Waals surface area contributed by atoms with Gasteiger partial charge in [-0.3, -0.25) is 4.79 Å². The van der Waals surface area contributed by atoms with Gasteiger partial charge in [0.2, 0.25) is 0 Å². The molecule has 0 saturated carbocycles. The Morgan fingerprint density at radius 3 is 2.38 bits per heavy atom. The van der Waals surface area contributed by atoms with Crippen molar-refractivity contribution in [3.05, 3.63) is 48.5 Å². The van der Waals surface area contributed by atoms with Gasteiger partial charge in [0.1, 0.15) is 0 Å². The van der Waals surface area contributed by atoms with E-state index in [1.54, 1.807) is 17.4 Å². The van der Waals surface area contributed by atoms with Crippen LogP contribution in [0.15, 0.2) is 43.0 Å². The van der Waals surface area contributed by atoms with Crippen molar-refractivity contribution in [2.24, 2.45) is 11.7 Å². The van der Waals surface area contributed by atoms with Crippen molar-refractivity contribution in [3.8, 4) is 5.69 Å². The van der Waals surface area contributed by atoms with Gasteiger partial charge >= 0.3 is 0 Å². The molecule has 2 aromatic rings. The summed E-state index contributed by atoms with van der Waals surface area (Å²) in [5, 5.41) is 0. The van der Waals surface area contributed by atoms with Crippen molar-refractivity contribution in [1.82, 2.24) is 14.5 Å². The third-order valence-corrected chi connectivity index (χ3v) is 3.92. The summed E-state index contributed by atoms with van der Waals surface area (Å²) in [6, 6.07) is 7.65. The zero-order valence-electron chi connectivity index (χ0n) is 14.3. The van der Waals surface area contributed by atoms with E-state index in [9.17, 15) is 4.79 Å². The zero-order chi connectivity index (χ0) is 16.1. The first-order valence-electron chi connectivity index (χ1n) is 7.58. The maximum absolute atomic E-state index is 12.4. The summed E-state index contributed by atoms with van der Waals surface area (Å²) in [5.41, 5.74) is 7.70. The van der Waals surface area contributed by atoms with Crippen LogP contribution in [0.5, 0.6) is 0 Å². The van der Waals surface area contributed by atoms with Gasteiger partial charge in [-0.05, 0) is 36.6 Å². The maximum Gasteiger partial charge on any atom is 0.253 e. The number of nitrogens with two attached hydrogens (primary N) is 1. The number of benzene rings is 1. The molecule has 1 unspecified atom stereocenters. The average Bonchev–Trinajstić information content (AvgIpc) is 3.06. The van der Waals surface area contributed by atoms with E-state index < -0.39 is 0 Å². The Bertz CT molecular complexity index is 600. The molecule has 24 heavy (non-hydrogen) atoms. The van der Waals surface area contributed by atoms with Crippen molar-refractivity contribution < 1.29 is 4.79 Å². The number of imidazole rings is 1. The van der Waals surface area contributed by atoms with Crippen molar-refractivity contribution >= 4 is 30.7 Å². The summed E-state index contributed by atoms with van der Waals surface area (Å²) < 4.78 is 1.90. The number of aromatic nitrogens is 2. The van der Waals surface area contributed by atoms with Gasteiger partial charge in [0.05, 0.1) is 6.33 Å². The first kappa shape index (κ1) is 22.4. The molecule has 1 atom stereocenters. The number of amides is 1. The average molecular weight is 373 g/mol. The maximum atomic E-state index is 12.4. The predicted molar refractivity (Wildman–Crippen MR) is 102 cm³/mol. The van der Waals surface area contributed by atoms with Gasteiger partial charge in [-0.2, -0.15) is 0 Å². The summed E-state index contributed by atoms with van der Waals surface area (Å²) in [7, 11) is 1.82. The fraction of sp³-hybridized carbons (Fsp3) is 0.412. The highest BCUT2D eigenvalue weighted by Crippen LogP contribution is 2.12. The molecule has 0 spiro atoms. The highest BCUT2D eigenvalue weighted by Gasteiger charge is 2.14. The molecule has 134 valence electrons. The number of carbonyl (C=O) groups excluding carboxylic acids is 1. The third-order valence-electron chi connectivity index (χ3n) is 3.92. The van der Waals surface area contributed by atoms with Gasteiger partial charge in [0.15, 0.2) is 0 Å². The largest absolute Gasteiger partial charge is 0.342 e. The van der Waals surface area contributed by atoms with Crippen LogP contribution in [0.1, 0.15) is 30.6 Å². The molecule has 7 heteroatoms. The lowest BCUT2D eigenvalue weighted by Crippen LogP contribution is -2.34. The SMILES string of the molecule is CC(C)C(N)CCN(C)C(=O)c1ccc(-n2ccnc2)cc1.Cl.Cl. The first-order valence-corrected chi connectivity index (χ1v) is 7.58. The van der Waals surface area contributed by atoms with Crippen molar-refractivity contribution in [3.63, 3.8) is 0 Å². The van der Waals surface area contributed by atoms with Crippen LogP contribution in [0, 0.1) is 5.92 Å². The predicted octanol–water partition coefficient (Wildman–Crippen LogP) is 3.16. The summed E-state index contributed by atoms with van der Waals surface area (Å²) in [5.74, 6) is 0.450. The number of rotatable bonds is 6. The van der Waals surface area contributed by atoms with E-state index in [4.69, 9.17) is 5.73 Å². The molecule has 1 aromatic heterocycles. The van der Waals surface area contributed by atoms with Crippen molar-refractivity contribution in [1.29, 1.82) is 0 Å². The Kier molecular flexibility index (Phi) is 9.66. The summed E-state index contributed by atoms with van der Waals surface area (Å²) in [6.07, 6.45) is 6.14. The summed E-state index contributed by atoms with van der Waals surface area (Å²) in [6.45, 7) is 4.87. The van der Waals surface area contributed by atoms with Crippen LogP contribution in [0.3, 0.4) is 0 Å². The topological polar surface area (TPSA) is 64.2 Å². The van der Waals surface area contributed by atoms with Gasteiger partial charge in [-0.1, -0.05) is 13.8 Å². The summed E-state index contributed by atoms with van der Waals surface area (Å²) in [4.78, 5) is 18.1. The minimum atomic E-state index is 0. The van der Waals surface area contributed by atoms with E-state index in [1.165, 1.54) is 0 Å². The number of nitrogens with zero attached hydrogens (tertiary/aromatic N) is 3. The molecule has 1 heterocycles. The molecule has 0 saturated heterocycles. The molecule has 0 aliphatic carbocycles. The van der Waals surface area contributed by atoms with Gasteiger partial charge < -0.3 is 15.2 Å². The summed E-state index contributed by atoms with van der Waals surface area (Å²) >= 11 is 0. The van der Waals surface area contributed by atoms with Gasteiger partial charge in [0, 0.05) is 43.3 Å². The number of hydrogen-bond acceptors (Lipinski definition) is 3. The Balaban J connectivity index is 0.00000264. The highest BCUT2D eigenvalue weighted by atomic mass is 35.5. The lowest BCUT2D eigenvalue weighted by atomic mass is 10.0. The van der Waals surface area contributed by atoms with E-state index in [0.717, 1.165) is 12.1 Å². The Morgan fingerprint density at radius 1 is 1.25 bits per heavy atom. The van der Waals surface area contributed by atoms with Gasteiger partial charge in [-0.15, -0.1) is 24.8 Å². The van der Waals surface area contributed by atoms with Crippen LogP contribution in [-0.2, 0) is 0 Å². The lowest BCUT2D eigenvalue weighted by molar-refractivity contribution is 0.0789. The molecule has 1 aromatic carbocycles. The highest BCUT2D eigenvalue weighted by molar-refractivity contribution is 5.94. The van der Waals surface area contributed by atoms with E-state index in [2.05, 4.69) is 18.8 Å². The monoisotopic (exact) mass is 372 g/mol. The number of hydrogen-bond donors (Lipinski definition) is 1. The second-order valence-corrected chi connectivity index (χ2v) is 5.94. The third kappa shape index (κ3) is 5.82. The molecule has 1 amide bonds. The van der Waals surface area contributed by atoms with E-state index in [0.29, 0.717) is 18.0 Å². The first-order chi connectivity index (χ1) is 10.5. The van der Waals surface area contributed by atoms with Crippen LogP contribution in [0.4, 0.5) is 0 Å². The van der Waals surface area contributed by atoms with Crippen LogP contribution in [0.2, 0.25) is 0 Å². The fourth-order valence-corrected chi connectivity index (χ4v) is 2.19. The minimum Gasteiger partial charge on any atom is -0.342 e. The second-order valence-electron chi connectivity index (χ2n) is 5.94. The van der Waals surface area contributed by atoms with Crippen LogP contribution in [0.25, 0.3) is 5.69 Å². The molecule has 5 nitrogen and oxygen atoms in total. The molecule has 0 fully saturated rings. The number of halogens is 2. The van der Waals surface area contributed by atoms with Gasteiger partial charge in [0.25, 0.3) is 5.91 Å². The molecule has 0 aliphatic rings. The molecule has 0 radical (unpaired) electrons. The Labute approximate surface area is 156 Å². The van der Waals surface area contributed by atoms with Gasteiger partial charge in [-0.25, -0.2) is 4.98 Å². The minimum absolute atomic E-state index is 0. The molecule has 2 rings (SSSR count). The van der Waals surface area contributed by atoms with E-state index in [1.807, 2.05) is 42.1 Å². The molecule has 0 aliphatic heterocycles. The standard InChI is InChI=1S/C17H24N4O.2ClH/c1-13(2)16(18)8-10-20(3)17(22)14-4-6-15(7-5-14)21-11-9-19-12-21;;/h4-7,9,11-13,16H,8,10,18H2,1-3H3;2*1H. The molecular weight excluding hydrogens is 347 g/mol.